The van der Waals surface area contributed by atoms with Gasteiger partial charge in [0.25, 0.3) is 5.91 Å². The van der Waals surface area contributed by atoms with Crippen LogP contribution in [0.4, 0.5) is 0 Å². The minimum Gasteiger partial charge on any atom is -0.465 e. The molecule has 0 spiro atoms. The van der Waals surface area contributed by atoms with E-state index in [1.165, 1.54) is 0 Å². The molecule has 0 saturated heterocycles. The van der Waals surface area contributed by atoms with Gasteiger partial charge in [0, 0.05) is 16.6 Å². The normalized spacial score (nSPS) is 25.4. The molecule has 30 heavy (non-hydrogen) atoms. The summed E-state index contributed by atoms with van der Waals surface area (Å²) in [5, 5.41) is 3.75. The zero-order valence-corrected chi connectivity index (χ0v) is 18.5. The van der Waals surface area contributed by atoms with Crippen molar-refractivity contribution in [2.45, 2.75) is 46.1 Å². The molecule has 164 valence electrons. The average Bonchev–Trinajstić information content (AvgIpc) is 3.20. The van der Waals surface area contributed by atoms with E-state index in [4.69, 9.17) is 21.1 Å². The third-order valence-corrected chi connectivity index (χ3v) is 6.68. The van der Waals surface area contributed by atoms with Crippen molar-refractivity contribution in [1.29, 1.82) is 0 Å². The number of fused-ring (bicyclic) bond motifs is 1. The topological polar surface area (TPSA) is 81.7 Å². The second-order valence-corrected chi connectivity index (χ2v) is 8.55. The van der Waals surface area contributed by atoms with Crippen molar-refractivity contribution in [1.82, 2.24) is 5.32 Å². The Kier molecular flexibility index (Phi) is 7.40. The summed E-state index contributed by atoms with van der Waals surface area (Å²) in [7, 11) is 0. The predicted octanol–water partition coefficient (Wildman–Crippen LogP) is 3.86. The Balaban J connectivity index is 1.60. The number of carbonyl (C=O) groups is 3. The Morgan fingerprint density at radius 1 is 1.00 bits per heavy atom. The standard InChI is InChI=1S/C23H30ClNO5/c1-4-18(25-21(26)13-7-9-15(24)10-8-13)20-16-11-14(12-17(16)20)19(22(27)29-5-2)23(28)30-6-3/h7-10,14,16-20H,4-6,11-12H2,1-3H3,(H,25,26)/t14?,16-,17+,18-,20?/m1/s1. The van der Waals surface area contributed by atoms with Crippen LogP contribution in [0.5, 0.6) is 0 Å². The maximum absolute atomic E-state index is 12.6. The van der Waals surface area contributed by atoms with Crippen molar-refractivity contribution in [2.24, 2.45) is 29.6 Å². The molecule has 7 heteroatoms. The van der Waals surface area contributed by atoms with Crippen LogP contribution < -0.4 is 5.32 Å². The third-order valence-electron chi connectivity index (χ3n) is 6.43. The lowest BCUT2D eigenvalue weighted by molar-refractivity contribution is -0.164. The average molecular weight is 436 g/mol. The summed E-state index contributed by atoms with van der Waals surface area (Å²) in [4.78, 5) is 37.3. The second-order valence-electron chi connectivity index (χ2n) is 8.11. The monoisotopic (exact) mass is 435 g/mol. The zero-order valence-electron chi connectivity index (χ0n) is 17.7. The molecular formula is C23H30ClNO5. The molecule has 1 aromatic rings. The first-order valence-corrected chi connectivity index (χ1v) is 11.2. The van der Waals surface area contributed by atoms with E-state index in [9.17, 15) is 14.4 Å². The van der Waals surface area contributed by atoms with E-state index in [0.717, 1.165) is 19.3 Å². The van der Waals surface area contributed by atoms with E-state index >= 15 is 0 Å². The maximum Gasteiger partial charge on any atom is 0.320 e. The summed E-state index contributed by atoms with van der Waals surface area (Å²) in [5.74, 6) is -0.762. The molecule has 2 aliphatic rings. The van der Waals surface area contributed by atoms with Crippen LogP contribution in [0.25, 0.3) is 0 Å². The molecular weight excluding hydrogens is 406 g/mol. The Hall–Kier alpha value is -2.08. The first-order chi connectivity index (χ1) is 14.4. The van der Waals surface area contributed by atoms with Gasteiger partial charge >= 0.3 is 11.9 Å². The number of benzene rings is 1. The smallest absolute Gasteiger partial charge is 0.320 e. The number of rotatable bonds is 9. The summed E-state index contributed by atoms with van der Waals surface area (Å²) >= 11 is 5.90. The summed E-state index contributed by atoms with van der Waals surface area (Å²) in [6.45, 7) is 6.02. The van der Waals surface area contributed by atoms with Gasteiger partial charge in [0.05, 0.1) is 13.2 Å². The minimum absolute atomic E-state index is 0.0566. The van der Waals surface area contributed by atoms with E-state index in [1.54, 1.807) is 38.1 Å². The molecule has 1 amide bonds. The number of hydrogen-bond donors (Lipinski definition) is 1. The molecule has 2 fully saturated rings. The fourth-order valence-corrected chi connectivity index (χ4v) is 5.20. The van der Waals surface area contributed by atoms with Gasteiger partial charge in [-0.25, -0.2) is 0 Å². The van der Waals surface area contributed by atoms with Crippen molar-refractivity contribution in [3.63, 3.8) is 0 Å². The molecule has 2 saturated carbocycles. The number of amides is 1. The summed E-state index contributed by atoms with van der Waals surface area (Å²) in [6.07, 6.45) is 2.40. The van der Waals surface area contributed by atoms with Crippen molar-refractivity contribution >= 4 is 29.4 Å². The fraction of sp³-hybridized carbons (Fsp3) is 0.609. The van der Waals surface area contributed by atoms with Crippen LogP contribution in [-0.2, 0) is 19.1 Å². The lowest BCUT2D eigenvalue weighted by Crippen LogP contribution is -2.38. The van der Waals surface area contributed by atoms with Gasteiger partial charge < -0.3 is 14.8 Å². The molecule has 0 bridgehead atoms. The Morgan fingerprint density at radius 3 is 2.00 bits per heavy atom. The highest BCUT2D eigenvalue weighted by molar-refractivity contribution is 6.30. The second kappa shape index (κ2) is 9.82. The molecule has 0 aromatic heterocycles. The molecule has 1 aromatic carbocycles. The van der Waals surface area contributed by atoms with E-state index in [-0.39, 0.29) is 31.1 Å². The molecule has 5 atom stereocenters. The van der Waals surface area contributed by atoms with Gasteiger partial charge in [-0.05, 0) is 81.0 Å². The summed E-state index contributed by atoms with van der Waals surface area (Å²) < 4.78 is 10.3. The summed E-state index contributed by atoms with van der Waals surface area (Å²) in [5.41, 5.74) is 0.589. The lowest BCUT2D eigenvalue weighted by atomic mass is 9.85. The number of ether oxygens (including phenoxy) is 2. The molecule has 2 aliphatic carbocycles. The molecule has 0 aliphatic heterocycles. The van der Waals surface area contributed by atoms with Gasteiger partial charge in [-0.15, -0.1) is 0 Å². The van der Waals surface area contributed by atoms with Gasteiger partial charge in [-0.3, -0.25) is 14.4 Å². The van der Waals surface area contributed by atoms with Crippen molar-refractivity contribution in [3.8, 4) is 0 Å². The van der Waals surface area contributed by atoms with E-state index < -0.39 is 17.9 Å². The largest absolute Gasteiger partial charge is 0.465 e. The number of esters is 2. The van der Waals surface area contributed by atoms with E-state index in [1.807, 2.05) is 0 Å². The van der Waals surface area contributed by atoms with E-state index in [0.29, 0.717) is 28.3 Å². The highest BCUT2D eigenvalue weighted by Gasteiger charge is 2.61. The molecule has 2 unspecified atom stereocenters. The molecule has 1 N–H and O–H groups in total. The highest BCUT2D eigenvalue weighted by atomic mass is 35.5. The molecule has 0 radical (unpaired) electrons. The lowest BCUT2D eigenvalue weighted by Gasteiger charge is -2.25. The van der Waals surface area contributed by atoms with Crippen molar-refractivity contribution in [3.05, 3.63) is 34.9 Å². The Bertz CT molecular complexity index is 750. The maximum atomic E-state index is 12.6. The SMILES string of the molecule is CCOC(=O)C(C(=O)OCC)C1C[C@@H]2C([C@@H](CC)NC(=O)c3ccc(Cl)cc3)[C@@H]2C1. The van der Waals surface area contributed by atoms with Crippen LogP contribution in [0.1, 0.15) is 50.4 Å². The van der Waals surface area contributed by atoms with Gasteiger partial charge in [0.1, 0.15) is 0 Å². The number of halogens is 1. The quantitative estimate of drug-likeness (QED) is 0.470. The minimum atomic E-state index is -0.845. The molecule has 6 nitrogen and oxygen atoms in total. The van der Waals surface area contributed by atoms with Crippen LogP contribution >= 0.6 is 11.6 Å². The third kappa shape index (κ3) is 4.80. The number of hydrogen-bond acceptors (Lipinski definition) is 5. The fourth-order valence-electron chi connectivity index (χ4n) is 5.07. The van der Waals surface area contributed by atoms with Crippen LogP contribution in [0, 0.1) is 29.6 Å². The number of nitrogens with one attached hydrogen (secondary N) is 1. The van der Waals surface area contributed by atoms with Gasteiger partial charge in [-0.2, -0.15) is 0 Å². The van der Waals surface area contributed by atoms with Gasteiger partial charge in [0.2, 0.25) is 0 Å². The van der Waals surface area contributed by atoms with Crippen LogP contribution in [0.15, 0.2) is 24.3 Å². The van der Waals surface area contributed by atoms with Crippen LogP contribution in [-0.4, -0.2) is 37.1 Å². The van der Waals surface area contributed by atoms with Gasteiger partial charge in [-0.1, -0.05) is 18.5 Å². The first-order valence-electron chi connectivity index (χ1n) is 10.8. The van der Waals surface area contributed by atoms with Crippen LogP contribution in [0.3, 0.4) is 0 Å². The molecule has 0 heterocycles. The van der Waals surface area contributed by atoms with Crippen LogP contribution in [0.2, 0.25) is 5.02 Å². The molecule has 3 rings (SSSR count). The van der Waals surface area contributed by atoms with Crippen molar-refractivity contribution < 1.29 is 23.9 Å². The summed E-state index contributed by atoms with van der Waals surface area (Å²) in [6, 6.07) is 6.93. The predicted molar refractivity (Wildman–Crippen MR) is 113 cm³/mol. The first kappa shape index (κ1) is 22.6. The Morgan fingerprint density at radius 2 is 1.53 bits per heavy atom. The van der Waals surface area contributed by atoms with E-state index in [2.05, 4.69) is 12.2 Å². The zero-order chi connectivity index (χ0) is 21.8. The number of carbonyl (C=O) groups excluding carboxylic acids is 3. The Labute approximate surface area is 182 Å². The van der Waals surface area contributed by atoms with Gasteiger partial charge in [0.15, 0.2) is 5.92 Å². The van der Waals surface area contributed by atoms with Crippen molar-refractivity contribution in [2.75, 3.05) is 13.2 Å². The highest BCUT2D eigenvalue weighted by Crippen LogP contribution is 2.62.